The molecule has 4 atom stereocenters. The van der Waals surface area contributed by atoms with Gasteiger partial charge in [-0.3, -0.25) is 4.99 Å². The molecular formula is C16H29N3. The summed E-state index contributed by atoms with van der Waals surface area (Å²) in [7, 11) is 0. The Kier molecular flexibility index (Phi) is 3.99. The highest BCUT2D eigenvalue weighted by atomic mass is 15.2. The molecule has 3 rings (SSSR count). The van der Waals surface area contributed by atoms with E-state index in [1.54, 1.807) is 0 Å². The summed E-state index contributed by atoms with van der Waals surface area (Å²) in [6.45, 7) is 5.30. The molecule has 0 heterocycles. The number of hydrogen-bond donors (Lipinski definition) is 2. The van der Waals surface area contributed by atoms with Crippen molar-refractivity contribution < 1.29 is 0 Å². The summed E-state index contributed by atoms with van der Waals surface area (Å²) in [5.74, 6) is 3.83. The Morgan fingerprint density at radius 2 is 1.74 bits per heavy atom. The van der Waals surface area contributed by atoms with Gasteiger partial charge >= 0.3 is 0 Å². The zero-order chi connectivity index (χ0) is 13.2. The van der Waals surface area contributed by atoms with Crippen molar-refractivity contribution in [2.45, 2.75) is 70.9 Å². The van der Waals surface area contributed by atoms with Gasteiger partial charge in [-0.25, -0.2) is 0 Å². The maximum Gasteiger partial charge on any atom is 0.191 e. The van der Waals surface area contributed by atoms with E-state index in [9.17, 15) is 0 Å². The maximum absolute atomic E-state index is 4.59. The van der Waals surface area contributed by atoms with Crippen LogP contribution in [0.15, 0.2) is 4.99 Å². The van der Waals surface area contributed by atoms with Crippen LogP contribution in [0, 0.1) is 17.8 Å². The summed E-state index contributed by atoms with van der Waals surface area (Å²) in [4.78, 5) is 4.59. The van der Waals surface area contributed by atoms with Gasteiger partial charge in [0.05, 0.1) is 0 Å². The first-order chi connectivity index (χ1) is 9.28. The highest BCUT2D eigenvalue weighted by molar-refractivity contribution is 5.81. The molecule has 0 bridgehead atoms. The Hall–Kier alpha value is -0.730. The summed E-state index contributed by atoms with van der Waals surface area (Å²) in [5.41, 5.74) is 0. The van der Waals surface area contributed by atoms with Crippen LogP contribution in [0.1, 0.15) is 58.8 Å². The molecule has 19 heavy (non-hydrogen) atoms. The average Bonchev–Trinajstić information content (AvgIpc) is 3.31. The zero-order valence-electron chi connectivity index (χ0n) is 12.5. The van der Waals surface area contributed by atoms with Gasteiger partial charge in [0, 0.05) is 18.6 Å². The van der Waals surface area contributed by atoms with Gasteiger partial charge < -0.3 is 10.6 Å². The molecule has 0 saturated heterocycles. The lowest BCUT2D eigenvalue weighted by molar-refractivity contribution is 0.315. The molecule has 0 aromatic heterocycles. The molecule has 0 amide bonds. The van der Waals surface area contributed by atoms with Crippen LogP contribution in [-0.2, 0) is 0 Å². The molecule has 3 fully saturated rings. The largest absolute Gasteiger partial charge is 0.353 e. The molecule has 3 nitrogen and oxygen atoms in total. The smallest absolute Gasteiger partial charge is 0.191 e. The Balaban J connectivity index is 1.46. The van der Waals surface area contributed by atoms with Gasteiger partial charge in [-0.15, -0.1) is 0 Å². The first-order valence-corrected chi connectivity index (χ1v) is 8.35. The second-order valence-corrected chi connectivity index (χ2v) is 6.84. The molecule has 3 saturated carbocycles. The molecule has 3 heteroatoms. The fraction of sp³-hybridized carbons (Fsp3) is 0.938. The predicted octanol–water partition coefficient (Wildman–Crippen LogP) is 2.92. The van der Waals surface area contributed by atoms with Gasteiger partial charge in [-0.2, -0.15) is 0 Å². The van der Waals surface area contributed by atoms with E-state index in [0.717, 1.165) is 30.3 Å². The number of aliphatic imine (C=N–C) groups is 1. The van der Waals surface area contributed by atoms with Crippen LogP contribution in [0.3, 0.4) is 0 Å². The standard InChI is InChI=1S/C16H29N3/c1-3-17-16(18-14-9-11(14)2)19-15-10-13(15)12-7-5-4-6-8-12/h11-15H,3-10H2,1-2H3,(H2,17,18,19). The van der Waals surface area contributed by atoms with E-state index >= 15 is 0 Å². The molecule has 3 aliphatic carbocycles. The third-order valence-electron chi connectivity index (χ3n) is 5.17. The normalized spacial score (nSPS) is 38.9. The van der Waals surface area contributed by atoms with Crippen molar-refractivity contribution in [2.24, 2.45) is 22.7 Å². The number of hydrogen-bond acceptors (Lipinski definition) is 1. The quantitative estimate of drug-likeness (QED) is 0.604. The molecule has 108 valence electrons. The fourth-order valence-electron chi connectivity index (χ4n) is 3.63. The van der Waals surface area contributed by atoms with Crippen LogP contribution in [0.2, 0.25) is 0 Å². The third-order valence-corrected chi connectivity index (χ3v) is 5.17. The number of guanidine groups is 1. The summed E-state index contributed by atoms with van der Waals surface area (Å²) >= 11 is 0. The number of nitrogens with zero attached hydrogens (tertiary/aromatic N) is 1. The molecule has 4 unspecified atom stereocenters. The topological polar surface area (TPSA) is 36.4 Å². The Morgan fingerprint density at radius 3 is 2.37 bits per heavy atom. The van der Waals surface area contributed by atoms with Crippen molar-refractivity contribution in [3.8, 4) is 0 Å². The van der Waals surface area contributed by atoms with Crippen molar-refractivity contribution in [2.75, 3.05) is 6.54 Å². The second-order valence-electron chi connectivity index (χ2n) is 6.84. The van der Waals surface area contributed by atoms with E-state index in [4.69, 9.17) is 0 Å². The fourth-order valence-corrected chi connectivity index (χ4v) is 3.63. The van der Waals surface area contributed by atoms with Crippen molar-refractivity contribution in [1.29, 1.82) is 0 Å². The van der Waals surface area contributed by atoms with E-state index < -0.39 is 0 Å². The first-order valence-electron chi connectivity index (χ1n) is 8.35. The van der Waals surface area contributed by atoms with Crippen LogP contribution < -0.4 is 10.6 Å². The molecule has 0 aliphatic heterocycles. The van der Waals surface area contributed by atoms with Crippen molar-refractivity contribution in [1.82, 2.24) is 10.6 Å². The molecule has 0 aromatic carbocycles. The van der Waals surface area contributed by atoms with Crippen LogP contribution in [0.25, 0.3) is 0 Å². The SMILES string of the molecule is CCN=C(NC1CC1C)NC1CC1C1CCCCC1. The van der Waals surface area contributed by atoms with Gasteiger partial charge in [0.1, 0.15) is 0 Å². The molecule has 0 spiro atoms. The van der Waals surface area contributed by atoms with Gasteiger partial charge in [0.25, 0.3) is 0 Å². The third kappa shape index (κ3) is 3.43. The Labute approximate surface area is 117 Å². The summed E-state index contributed by atoms with van der Waals surface area (Å²) < 4.78 is 0. The molecule has 0 radical (unpaired) electrons. The first kappa shape index (κ1) is 13.3. The second kappa shape index (κ2) is 5.72. The number of nitrogens with one attached hydrogen (secondary N) is 2. The monoisotopic (exact) mass is 263 g/mol. The van der Waals surface area contributed by atoms with Crippen molar-refractivity contribution >= 4 is 5.96 Å². The van der Waals surface area contributed by atoms with Gasteiger partial charge in [0.2, 0.25) is 0 Å². The molecule has 2 N–H and O–H groups in total. The lowest BCUT2D eigenvalue weighted by Crippen LogP contribution is -2.41. The van der Waals surface area contributed by atoms with E-state index in [1.165, 1.54) is 44.9 Å². The minimum atomic E-state index is 0.671. The number of rotatable bonds is 4. The molecular weight excluding hydrogens is 234 g/mol. The molecule has 0 aromatic rings. The highest BCUT2D eigenvalue weighted by Crippen LogP contribution is 2.44. The summed E-state index contributed by atoms with van der Waals surface area (Å²) in [6.07, 6.45) is 10.00. The zero-order valence-corrected chi connectivity index (χ0v) is 12.5. The summed E-state index contributed by atoms with van der Waals surface area (Å²) in [6, 6.07) is 1.37. The van der Waals surface area contributed by atoms with Crippen LogP contribution in [-0.4, -0.2) is 24.6 Å². The van der Waals surface area contributed by atoms with Gasteiger partial charge in [-0.1, -0.05) is 39.0 Å². The van der Waals surface area contributed by atoms with E-state index in [2.05, 4.69) is 29.5 Å². The van der Waals surface area contributed by atoms with Gasteiger partial charge in [-0.05, 0) is 37.5 Å². The highest BCUT2D eigenvalue weighted by Gasteiger charge is 2.44. The van der Waals surface area contributed by atoms with E-state index in [1.807, 2.05) is 0 Å². The predicted molar refractivity (Wildman–Crippen MR) is 80.3 cm³/mol. The lowest BCUT2D eigenvalue weighted by Gasteiger charge is -2.22. The Morgan fingerprint density at radius 1 is 1.05 bits per heavy atom. The molecule has 3 aliphatic rings. The van der Waals surface area contributed by atoms with Crippen LogP contribution in [0.5, 0.6) is 0 Å². The van der Waals surface area contributed by atoms with Crippen LogP contribution >= 0.6 is 0 Å². The maximum atomic E-state index is 4.59. The Bertz CT molecular complexity index is 333. The average molecular weight is 263 g/mol. The minimum Gasteiger partial charge on any atom is -0.353 e. The van der Waals surface area contributed by atoms with E-state index in [0.29, 0.717) is 12.1 Å². The van der Waals surface area contributed by atoms with Crippen molar-refractivity contribution in [3.05, 3.63) is 0 Å². The van der Waals surface area contributed by atoms with Gasteiger partial charge in [0.15, 0.2) is 5.96 Å². The van der Waals surface area contributed by atoms with Crippen molar-refractivity contribution in [3.63, 3.8) is 0 Å². The lowest BCUT2D eigenvalue weighted by atomic mass is 9.85. The van der Waals surface area contributed by atoms with Crippen LogP contribution in [0.4, 0.5) is 0 Å². The van der Waals surface area contributed by atoms with E-state index in [-0.39, 0.29) is 0 Å². The summed E-state index contributed by atoms with van der Waals surface area (Å²) in [5, 5.41) is 7.25. The minimum absolute atomic E-state index is 0.671.